The first kappa shape index (κ1) is 7.84. The highest BCUT2D eigenvalue weighted by Crippen LogP contribution is 2.58. The monoisotopic (exact) mass is 174 g/mol. The summed E-state index contributed by atoms with van der Waals surface area (Å²) in [6.45, 7) is 3.88. The molecule has 3 rings (SSSR count). The molecule has 0 spiro atoms. The summed E-state index contributed by atoms with van der Waals surface area (Å²) in [5.41, 5.74) is 0. The molecule has 0 heterocycles. The molecule has 5 atom stereocenters. The quantitative estimate of drug-likeness (QED) is 0.563. The van der Waals surface area contributed by atoms with Crippen molar-refractivity contribution in [1.82, 2.24) is 0 Å². The van der Waals surface area contributed by atoms with Crippen LogP contribution in [0.4, 0.5) is 0 Å². The zero-order valence-corrected chi connectivity index (χ0v) is 8.15. The maximum atomic E-state index is 3.88. The molecule has 0 aromatic heterocycles. The van der Waals surface area contributed by atoms with Crippen LogP contribution in [0, 0.1) is 29.6 Å². The molecular weight excluding hydrogens is 156 g/mol. The Morgan fingerprint density at radius 2 is 2.08 bits per heavy atom. The van der Waals surface area contributed by atoms with Crippen LogP contribution >= 0.6 is 0 Å². The van der Waals surface area contributed by atoms with E-state index in [4.69, 9.17) is 0 Å². The molecular formula is C13H18. The molecule has 0 radical (unpaired) electrons. The van der Waals surface area contributed by atoms with Crippen LogP contribution in [-0.4, -0.2) is 0 Å². The maximum absolute atomic E-state index is 3.88. The van der Waals surface area contributed by atoms with Crippen LogP contribution in [0.2, 0.25) is 0 Å². The van der Waals surface area contributed by atoms with E-state index in [1.54, 1.807) is 0 Å². The second-order valence-corrected chi connectivity index (χ2v) is 5.05. The van der Waals surface area contributed by atoms with E-state index in [1.165, 1.54) is 25.7 Å². The van der Waals surface area contributed by atoms with Crippen molar-refractivity contribution in [3.05, 3.63) is 24.8 Å². The fourth-order valence-corrected chi connectivity index (χ4v) is 4.16. The standard InChI is InChI=1S/C13H18/c1-2-3-9-6-7-12-10-4-5-11(8-10)13(9)12/h2,4-5,9-13H,1,3,6-8H2. The van der Waals surface area contributed by atoms with Crippen LogP contribution in [-0.2, 0) is 0 Å². The van der Waals surface area contributed by atoms with Gasteiger partial charge in [0, 0.05) is 0 Å². The van der Waals surface area contributed by atoms with Crippen LogP contribution in [0.5, 0.6) is 0 Å². The van der Waals surface area contributed by atoms with Crippen molar-refractivity contribution in [2.24, 2.45) is 29.6 Å². The van der Waals surface area contributed by atoms with Crippen molar-refractivity contribution in [3.8, 4) is 0 Å². The third-order valence-corrected chi connectivity index (χ3v) is 4.57. The van der Waals surface area contributed by atoms with Gasteiger partial charge in [0.1, 0.15) is 0 Å². The zero-order chi connectivity index (χ0) is 8.84. The molecule has 0 amide bonds. The predicted molar refractivity (Wildman–Crippen MR) is 55.3 cm³/mol. The van der Waals surface area contributed by atoms with Gasteiger partial charge in [-0.1, -0.05) is 18.2 Å². The van der Waals surface area contributed by atoms with E-state index >= 15 is 0 Å². The first-order chi connectivity index (χ1) is 6.40. The molecule has 3 aliphatic carbocycles. The summed E-state index contributed by atoms with van der Waals surface area (Å²) < 4.78 is 0. The van der Waals surface area contributed by atoms with Gasteiger partial charge in [0.25, 0.3) is 0 Å². The number of fused-ring (bicyclic) bond motifs is 5. The van der Waals surface area contributed by atoms with Gasteiger partial charge in [-0.05, 0) is 55.3 Å². The van der Waals surface area contributed by atoms with Gasteiger partial charge in [-0.25, -0.2) is 0 Å². The van der Waals surface area contributed by atoms with Crippen LogP contribution in [0.25, 0.3) is 0 Å². The Morgan fingerprint density at radius 1 is 1.23 bits per heavy atom. The van der Waals surface area contributed by atoms with Gasteiger partial charge in [0.05, 0.1) is 0 Å². The van der Waals surface area contributed by atoms with Crippen molar-refractivity contribution >= 4 is 0 Å². The van der Waals surface area contributed by atoms with Crippen molar-refractivity contribution in [2.45, 2.75) is 25.7 Å². The summed E-state index contributed by atoms with van der Waals surface area (Å²) in [5, 5.41) is 0. The number of hydrogen-bond donors (Lipinski definition) is 0. The first-order valence-corrected chi connectivity index (χ1v) is 5.69. The van der Waals surface area contributed by atoms with E-state index in [-0.39, 0.29) is 0 Å². The molecule has 2 bridgehead atoms. The van der Waals surface area contributed by atoms with E-state index in [0.29, 0.717) is 0 Å². The molecule has 2 fully saturated rings. The zero-order valence-electron chi connectivity index (χ0n) is 8.15. The van der Waals surface area contributed by atoms with Crippen LogP contribution in [0.15, 0.2) is 24.8 Å². The second kappa shape index (κ2) is 2.73. The number of rotatable bonds is 2. The fraction of sp³-hybridized carbons (Fsp3) is 0.692. The molecule has 0 aromatic carbocycles. The third kappa shape index (κ3) is 0.978. The van der Waals surface area contributed by atoms with E-state index < -0.39 is 0 Å². The highest BCUT2D eigenvalue weighted by Gasteiger charge is 2.50. The average Bonchev–Trinajstić information content (AvgIpc) is 2.74. The lowest BCUT2D eigenvalue weighted by atomic mass is 9.80. The summed E-state index contributed by atoms with van der Waals surface area (Å²) in [4.78, 5) is 0. The molecule has 3 aliphatic rings. The molecule has 0 N–H and O–H groups in total. The lowest BCUT2D eigenvalue weighted by molar-refractivity contribution is 0.290. The molecule has 2 saturated carbocycles. The van der Waals surface area contributed by atoms with Gasteiger partial charge in [0.2, 0.25) is 0 Å². The van der Waals surface area contributed by atoms with Crippen LogP contribution < -0.4 is 0 Å². The van der Waals surface area contributed by atoms with Gasteiger partial charge in [-0.2, -0.15) is 0 Å². The molecule has 70 valence electrons. The Bertz CT molecular complexity index is 251. The van der Waals surface area contributed by atoms with E-state index in [2.05, 4.69) is 24.8 Å². The number of hydrogen-bond acceptors (Lipinski definition) is 0. The minimum absolute atomic E-state index is 0.947. The topological polar surface area (TPSA) is 0 Å². The summed E-state index contributed by atoms with van der Waals surface area (Å²) in [6, 6.07) is 0. The predicted octanol–water partition coefficient (Wildman–Crippen LogP) is 3.41. The van der Waals surface area contributed by atoms with E-state index in [1.807, 2.05) is 0 Å². The smallest absolute Gasteiger partial charge is 0.0194 e. The molecule has 13 heavy (non-hydrogen) atoms. The van der Waals surface area contributed by atoms with Crippen molar-refractivity contribution in [3.63, 3.8) is 0 Å². The Kier molecular flexibility index (Phi) is 1.65. The lowest BCUT2D eigenvalue weighted by Crippen LogP contribution is -2.18. The van der Waals surface area contributed by atoms with Crippen molar-refractivity contribution < 1.29 is 0 Å². The van der Waals surface area contributed by atoms with Gasteiger partial charge < -0.3 is 0 Å². The van der Waals surface area contributed by atoms with Crippen molar-refractivity contribution in [1.29, 1.82) is 0 Å². The fourth-order valence-electron chi connectivity index (χ4n) is 4.16. The highest BCUT2D eigenvalue weighted by molar-refractivity contribution is 5.16. The lowest BCUT2D eigenvalue weighted by Gasteiger charge is -2.25. The maximum Gasteiger partial charge on any atom is -0.0194 e. The minimum Gasteiger partial charge on any atom is -0.103 e. The first-order valence-electron chi connectivity index (χ1n) is 5.69. The molecule has 0 nitrogen and oxygen atoms in total. The molecule has 0 saturated heterocycles. The van der Waals surface area contributed by atoms with Crippen LogP contribution in [0.3, 0.4) is 0 Å². The second-order valence-electron chi connectivity index (χ2n) is 5.05. The summed E-state index contributed by atoms with van der Waals surface area (Å²) >= 11 is 0. The average molecular weight is 174 g/mol. The Labute approximate surface area is 80.7 Å². The van der Waals surface area contributed by atoms with Gasteiger partial charge >= 0.3 is 0 Å². The molecule has 0 aliphatic heterocycles. The molecule has 5 unspecified atom stereocenters. The Balaban J connectivity index is 1.83. The van der Waals surface area contributed by atoms with Gasteiger partial charge in [-0.3, -0.25) is 0 Å². The normalized spacial score (nSPS) is 51.2. The highest BCUT2D eigenvalue weighted by atomic mass is 14.5. The van der Waals surface area contributed by atoms with Crippen LogP contribution in [0.1, 0.15) is 25.7 Å². The summed E-state index contributed by atoms with van der Waals surface area (Å²) in [5.74, 6) is 4.97. The van der Waals surface area contributed by atoms with Crippen molar-refractivity contribution in [2.75, 3.05) is 0 Å². The Morgan fingerprint density at radius 3 is 2.92 bits per heavy atom. The minimum atomic E-state index is 0.947. The van der Waals surface area contributed by atoms with Gasteiger partial charge in [0.15, 0.2) is 0 Å². The molecule has 0 heteroatoms. The largest absolute Gasteiger partial charge is 0.103 e. The summed E-state index contributed by atoms with van der Waals surface area (Å²) in [6.07, 6.45) is 12.8. The Hall–Kier alpha value is -0.520. The third-order valence-electron chi connectivity index (χ3n) is 4.57. The summed E-state index contributed by atoms with van der Waals surface area (Å²) in [7, 11) is 0. The number of allylic oxidation sites excluding steroid dienone is 3. The van der Waals surface area contributed by atoms with Gasteiger partial charge in [-0.15, -0.1) is 6.58 Å². The SMILES string of the molecule is C=CCC1CCC2C3C=CC(C3)C12. The molecule has 0 aromatic rings. The van der Waals surface area contributed by atoms with E-state index in [9.17, 15) is 0 Å². The van der Waals surface area contributed by atoms with E-state index in [0.717, 1.165) is 29.6 Å².